The van der Waals surface area contributed by atoms with Gasteiger partial charge in [-0.25, -0.2) is 0 Å². The largest absolute Gasteiger partial charge is 0.508 e. The molecule has 0 aromatic heterocycles. The number of hydrogen-bond donors (Lipinski definition) is 1. The summed E-state index contributed by atoms with van der Waals surface area (Å²) >= 11 is 0. The Balaban J connectivity index is 0.000000261. The van der Waals surface area contributed by atoms with Crippen LogP contribution in [0.5, 0.6) is 5.75 Å². The van der Waals surface area contributed by atoms with Gasteiger partial charge in [0.2, 0.25) is 0 Å². The van der Waals surface area contributed by atoms with E-state index in [0.29, 0.717) is 5.75 Å². The maximum Gasteiger partial charge on any atom is 0.118 e. The molecular weight excluding hydrogens is 148 g/mol. The molecule has 0 spiro atoms. The fourth-order valence-electron chi connectivity index (χ4n) is 0.563. The van der Waals surface area contributed by atoms with Crippen LogP contribution >= 0.6 is 0 Å². The summed E-state index contributed by atoms with van der Waals surface area (Å²) in [6.45, 7) is 8.37. The average Bonchev–Trinajstić information content (AvgIpc) is 1.94. The number of aromatic hydroxyl groups is 1. The number of phenolic OH excluding ortho intramolecular Hbond substituents is 1. The SMILES string of the molecule is CC(C)C.Cc1ccccc1O. The molecule has 0 radical (unpaired) electrons. The standard InChI is InChI=1S/C7H8O.C4H10/c1-6-4-2-3-5-7(6)8;1-4(2)3/h2-5,8H,1H3;4H,1-3H3. The number of rotatable bonds is 0. The lowest BCUT2D eigenvalue weighted by atomic mass is 10.2. The molecule has 1 aromatic carbocycles. The highest BCUT2D eigenvalue weighted by Gasteiger charge is 1.86. The molecule has 68 valence electrons. The molecular formula is C11H18O. The van der Waals surface area contributed by atoms with Gasteiger partial charge < -0.3 is 5.11 Å². The second kappa shape index (κ2) is 5.64. The minimum absolute atomic E-state index is 0.368. The minimum Gasteiger partial charge on any atom is -0.508 e. The van der Waals surface area contributed by atoms with Gasteiger partial charge in [0.25, 0.3) is 0 Å². The van der Waals surface area contributed by atoms with Gasteiger partial charge >= 0.3 is 0 Å². The summed E-state index contributed by atoms with van der Waals surface area (Å²) in [4.78, 5) is 0. The zero-order valence-corrected chi connectivity index (χ0v) is 8.33. The summed E-state index contributed by atoms with van der Waals surface area (Å²) in [5.74, 6) is 1.20. The Hall–Kier alpha value is -0.980. The van der Waals surface area contributed by atoms with Gasteiger partial charge in [-0.2, -0.15) is 0 Å². The Morgan fingerprint density at radius 3 is 1.75 bits per heavy atom. The third-order valence-corrected chi connectivity index (χ3v) is 1.12. The summed E-state index contributed by atoms with van der Waals surface area (Å²) in [5.41, 5.74) is 0.924. The van der Waals surface area contributed by atoms with Crippen molar-refractivity contribution in [1.29, 1.82) is 0 Å². The number of phenols is 1. The van der Waals surface area contributed by atoms with E-state index < -0.39 is 0 Å². The fourth-order valence-corrected chi connectivity index (χ4v) is 0.563. The summed E-state index contributed by atoms with van der Waals surface area (Å²) < 4.78 is 0. The summed E-state index contributed by atoms with van der Waals surface area (Å²) in [5, 5.41) is 8.92. The van der Waals surface area contributed by atoms with Crippen LogP contribution in [0.1, 0.15) is 26.3 Å². The van der Waals surface area contributed by atoms with Gasteiger partial charge in [-0.1, -0.05) is 39.0 Å². The summed E-state index contributed by atoms with van der Waals surface area (Å²) in [6, 6.07) is 7.25. The van der Waals surface area contributed by atoms with Gasteiger partial charge in [-0.05, 0) is 24.5 Å². The van der Waals surface area contributed by atoms with Crippen molar-refractivity contribution in [1.82, 2.24) is 0 Å². The molecule has 0 aliphatic heterocycles. The van der Waals surface area contributed by atoms with Gasteiger partial charge in [-0.15, -0.1) is 0 Å². The Kier molecular flexibility index (Phi) is 5.18. The van der Waals surface area contributed by atoms with E-state index in [1.807, 2.05) is 25.1 Å². The van der Waals surface area contributed by atoms with E-state index in [0.717, 1.165) is 11.5 Å². The van der Waals surface area contributed by atoms with Crippen LogP contribution in [0.3, 0.4) is 0 Å². The predicted octanol–water partition coefficient (Wildman–Crippen LogP) is 3.36. The maximum absolute atomic E-state index is 8.92. The Bertz CT molecular complexity index is 192. The third kappa shape index (κ3) is 5.78. The molecule has 0 saturated heterocycles. The second-order valence-electron chi connectivity index (χ2n) is 3.52. The maximum atomic E-state index is 8.92. The Labute approximate surface area is 75.1 Å². The van der Waals surface area contributed by atoms with Gasteiger partial charge in [0, 0.05) is 0 Å². The summed E-state index contributed by atoms with van der Waals surface area (Å²) in [6.07, 6.45) is 0. The smallest absolute Gasteiger partial charge is 0.118 e. The molecule has 0 heterocycles. The van der Waals surface area contributed by atoms with Crippen molar-refractivity contribution in [2.45, 2.75) is 27.7 Å². The van der Waals surface area contributed by atoms with Gasteiger partial charge in [0.05, 0.1) is 0 Å². The molecule has 0 fully saturated rings. The van der Waals surface area contributed by atoms with Crippen LogP contribution in [0.25, 0.3) is 0 Å². The van der Waals surface area contributed by atoms with Crippen LogP contribution < -0.4 is 0 Å². The number of aryl methyl sites for hydroxylation is 1. The van der Waals surface area contributed by atoms with E-state index in [1.165, 1.54) is 0 Å². The molecule has 0 saturated carbocycles. The van der Waals surface area contributed by atoms with Gasteiger partial charge in [0.1, 0.15) is 5.75 Å². The van der Waals surface area contributed by atoms with Crippen LogP contribution in [-0.4, -0.2) is 5.11 Å². The van der Waals surface area contributed by atoms with E-state index in [2.05, 4.69) is 20.8 Å². The van der Waals surface area contributed by atoms with Crippen molar-refractivity contribution in [3.8, 4) is 5.75 Å². The molecule has 1 aromatic rings. The molecule has 0 aliphatic rings. The molecule has 0 aliphatic carbocycles. The molecule has 1 nitrogen and oxygen atoms in total. The first-order valence-corrected chi connectivity index (χ1v) is 4.28. The average molecular weight is 166 g/mol. The molecule has 0 unspecified atom stereocenters. The normalized spacial score (nSPS) is 9.08. The quantitative estimate of drug-likeness (QED) is 0.626. The third-order valence-electron chi connectivity index (χ3n) is 1.12. The minimum atomic E-state index is 0.368. The monoisotopic (exact) mass is 166 g/mol. The van der Waals surface area contributed by atoms with Gasteiger partial charge in [0.15, 0.2) is 0 Å². The van der Waals surface area contributed by atoms with E-state index in [9.17, 15) is 0 Å². The first kappa shape index (κ1) is 11.0. The van der Waals surface area contributed by atoms with Crippen LogP contribution in [0, 0.1) is 12.8 Å². The molecule has 1 N–H and O–H groups in total. The lowest BCUT2D eigenvalue weighted by molar-refractivity contribution is 0.471. The van der Waals surface area contributed by atoms with Crippen LogP contribution in [0.2, 0.25) is 0 Å². The molecule has 1 rings (SSSR count). The topological polar surface area (TPSA) is 20.2 Å². The van der Waals surface area contributed by atoms with Crippen molar-refractivity contribution in [3.63, 3.8) is 0 Å². The Morgan fingerprint density at radius 2 is 1.50 bits per heavy atom. The highest BCUT2D eigenvalue weighted by Crippen LogP contribution is 2.12. The van der Waals surface area contributed by atoms with E-state index in [4.69, 9.17) is 5.11 Å². The Morgan fingerprint density at radius 1 is 1.08 bits per heavy atom. The van der Waals surface area contributed by atoms with Crippen molar-refractivity contribution in [2.75, 3.05) is 0 Å². The molecule has 0 bridgehead atoms. The lowest BCUT2D eigenvalue weighted by Crippen LogP contribution is -1.68. The highest BCUT2D eigenvalue weighted by molar-refractivity contribution is 5.29. The zero-order valence-electron chi connectivity index (χ0n) is 8.33. The zero-order chi connectivity index (χ0) is 9.56. The molecule has 0 amide bonds. The molecule has 1 heteroatoms. The molecule has 0 atom stereocenters. The van der Waals surface area contributed by atoms with Crippen LogP contribution in [-0.2, 0) is 0 Å². The van der Waals surface area contributed by atoms with Gasteiger partial charge in [-0.3, -0.25) is 0 Å². The van der Waals surface area contributed by atoms with Crippen molar-refractivity contribution in [2.24, 2.45) is 5.92 Å². The fraction of sp³-hybridized carbons (Fsp3) is 0.455. The number of hydrogen-bond acceptors (Lipinski definition) is 1. The first-order chi connectivity index (χ1) is 5.54. The number of para-hydroxylation sites is 1. The van der Waals surface area contributed by atoms with Crippen LogP contribution in [0.15, 0.2) is 24.3 Å². The van der Waals surface area contributed by atoms with E-state index >= 15 is 0 Å². The lowest BCUT2D eigenvalue weighted by Gasteiger charge is -1.92. The van der Waals surface area contributed by atoms with Crippen LogP contribution in [0.4, 0.5) is 0 Å². The second-order valence-corrected chi connectivity index (χ2v) is 3.52. The summed E-state index contributed by atoms with van der Waals surface area (Å²) in [7, 11) is 0. The number of benzene rings is 1. The van der Waals surface area contributed by atoms with Crippen molar-refractivity contribution >= 4 is 0 Å². The van der Waals surface area contributed by atoms with E-state index in [-0.39, 0.29) is 0 Å². The van der Waals surface area contributed by atoms with E-state index in [1.54, 1.807) is 6.07 Å². The predicted molar refractivity (Wildman–Crippen MR) is 53.4 cm³/mol. The molecule has 12 heavy (non-hydrogen) atoms. The van der Waals surface area contributed by atoms with Crippen molar-refractivity contribution < 1.29 is 5.11 Å². The highest BCUT2D eigenvalue weighted by atomic mass is 16.3. The first-order valence-electron chi connectivity index (χ1n) is 4.28. The van der Waals surface area contributed by atoms with Crippen molar-refractivity contribution in [3.05, 3.63) is 29.8 Å².